The normalized spacial score (nSPS) is 11.8. The van der Waals surface area contributed by atoms with Crippen molar-refractivity contribution in [2.45, 2.75) is 334 Å². The highest BCUT2D eigenvalue weighted by molar-refractivity contribution is 7.84. The first kappa shape index (κ1) is 69.6. The van der Waals surface area contributed by atoms with E-state index in [0.29, 0.717) is 5.56 Å². The summed E-state index contributed by atoms with van der Waals surface area (Å²) >= 11 is 0. The van der Waals surface area contributed by atoms with Crippen molar-refractivity contribution in [3.63, 3.8) is 0 Å². The van der Waals surface area contributed by atoms with E-state index in [0.717, 1.165) is 30.3 Å². The Morgan fingerprint density at radius 2 is 0.648 bits per heavy atom. The minimum Gasteiger partial charge on any atom is -0.748 e. The number of unbranched alkanes of at least 4 members (excludes halogenated alkanes) is 45. The summed E-state index contributed by atoms with van der Waals surface area (Å²) in [6, 6.07) is 8.37. The van der Waals surface area contributed by atoms with Gasteiger partial charge in [0.25, 0.3) is 0 Å². The first-order valence-electron chi connectivity index (χ1n) is 31.7. The fraction of sp³-hybridized carbons (Fsp3) is 0.891. The van der Waals surface area contributed by atoms with Crippen LogP contribution in [0.2, 0.25) is 0 Å². The Hall–Kier alpha value is -1.44. The highest BCUT2D eigenvalue weighted by Gasteiger charge is 2.14. The lowest BCUT2D eigenvalue weighted by Crippen LogP contribution is -2.42. The van der Waals surface area contributed by atoms with Crippen LogP contribution in [0.3, 0.4) is 0 Å². The number of nitrogens with zero attached hydrogens (tertiary/aromatic N) is 1. The molecule has 0 fully saturated rings. The molecule has 1 amide bonds. The van der Waals surface area contributed by atoms with Crippen LogP contribution in [-0.2, 0) is 20.7 Å². The molecule has 420 valence electrons. The van der Waals surface area contributed by atoms with E-state index in [4.69, 9.17) is 0 Å². The smallest absolute Gasteiger partial charge is 0.219 e. The molecule has 0 radical (unpaired) electrons. The number of carbonyl (C=O) groups is 1. The average molecular weight is 1020 g/mol. The summed E-state index contributed by atoms with van der Waals surface area (Å²) in [4.78, 5) is 12.3. The Kier molecular flexibility index (Phi) is 53.7. The van der Waals surface area contributed by atoms with E-state index in [9.17, 15) is 17.8 Å². The second-order valence-electron chi connectivity index (χ2n) is 22.9. The Morgan fingerprint density at radius 1 is 0.394 bits per heavy atom. The molecule has 1 N–H and O–H groups in total. The van der Waals surface area contributed by atoms with Crippen molar-refractivity contribution in [1.82, 2.24) is 5.32 Å². The van der Waals surface area contributed by atoms with Gasteiger partial charge in [0.05, 0.1) is 43.1 Å². The zero-order valence-corrected chi connectivity index (χ0v) is 49.2. The third-order valence-electron chi connectivity index (χ3n) is 15.1. The van der Waals surface area contributed by atoms with Crippen molar-refractivity contribution in [2.75, 3.05) is 33.7 Å². The molecule has 0 aliphatic heterocycles. The predicted molar refractivity (Wildman–Crippen MR) is 312 cm³/mol. The van der Waals surface area contributed by atoms with Crippen molar-refractivity contribution >= 4 is 16.0 Å². The molecule has 0 unspecified atom stereocenters. The van der Waals surface area contributed by atoms with E-state index in [1.807, 2.05) is 0 Å². The van der Waals surface area contributed by atoms with Crippen molar-refractivity contribution in [3.05, 3.63) is 35.9 Å². The van der Waals surface area contributed by atoms with Gasteiger partial charge in [0, 0.05) is 19.4 Å². The average Bonchev–Trinajstić information content (AvgIpc) is 3.34. The van der Waals surface area contributed by atoms with Crippen LogP contribution < -0.4 is 5.32 Å². The van der Waals surface area contributed by atoms with Crippen LogP contribution in [-0.4, -0.2) is 57.1 Å². The highest BCUT2D eigenvalue weighted by atomic mass is 32.2. The van der Waals surface area contributed by atoms with E-state index in [-0.39, 0.29) is 5.91 Å². The van der Waals surface area contributed by atoms with Gasteiger partial charge in [-0.3, -0.25) is 4.79 Å². The van der Waals surface area contributed by atoms with Gasteiger partial charge in [0.15, 0.2) is 0 Å². The first-order valence-corrected chi connectivity index (χ1v) is 33.2. The number of hydrogen-bond donors (Lipinski definition) is 1. The molecule has 6 nitrogen and oxygen atoms in total. The van der Waals surface area contributed by atoms with Gasteiger partial charge in [-0.1, -0.05) is 327 Å². The fourth-order valence-corrected chi connectivity index (χ4v) is 10.9. The summed E-state index contributed by atoms with van der Waals surface area (Å²) in [6.45, 7) is 7.89. The van der Waals surface area contributed by atoms with Gasteiger partial charge in [-0.2, -0.15) is 0 Å². The zero-order valence-electron chi connectivity index (χ0n) is 48.4. The quantitative estimate of drug-likeness (QED) is 0.0400. The number of rotatable bonds is 55. The van der Waals surface area contributed by atoms with Gasteiger partial charge in [0.1, 0.15) is 0 Å². The lowest BCUT2D eigenvalue weighted by atomic mass is 10.0. The second kappa shape index (κ2) is 54.8. The van der Waals surface area contributed by atoms with Crippen LogP contribution in [0.15, 0.2) is 30.3 Å². The summed E-state index contributed by atoms with van der Waals surface area (Å²) in [7, 11) is 0.623. The Morgan fingerprint density at radius 3 is 0.930 bits per heavy atom. The van der Waals surface area contributed by atoms with E-state index in [1.54, 1.807) is 30.3 Å². The number of hydrogen-bond acceptors (Lipinski definition) is 4. The van der Waals surface area contributed by atoms with Crippen LogP contribution in [0.5, 0.6) is 0 Å². The van der Waals surface area contributed by atoms with Crippen molar-refractivity contribution in [2.24, 2.45) is 0 Å². The van der Waals surface area contributed by atoms with Crippen molar-refractivity contribution < 1.29 is 22.2 Å². The predicted octanol–water partition coefficient (Wildman–Crippen LogP) is 20.1. The topological polar surface area (TPSA) is 86.3 Å². The molecule has 0 spiro atoms. The van der Waals surface area contributed by atoms with Gasteiger partial charge >= 0.3 is 0 Å². The fourth-order valence-electron chi connectivity index (χ4n) is 10.3. The minimum atomic E-state index is -4.13. The lowest BCUT2D eigenvalue weighted by Gasteiger charge is -2.30. The molecule has 71 heavy (non-hydrogen) atoms. The van der Waals surface area contributed by atoms with Gasteiger partial charge in [-0.15, -0.1) is 0 Å². The molecule has 0 aliphatic carbocycles. The lowest BCUT2D eigenvalue weighted by molar-refractivity contribution is -0.890. The second-order valence-corrected chi connectivity index (χ2v) is 24.3. The van der Waals surface area contributed by atoms with E-state index in [1.165, 1.54) is 308 Å². The molecule has 7 heteroatoms. The number of carbonyl (C=O) groups excluding carboxylic acids is 1. The van der Waals surface area contributed by atoms with Gasteiger partial charge in [0.2, 0.25) is 5.91 Å². The molecular weight excluding hydrogens is 893 g/mol. The summed E-state index contributed by atoms with van der Waals surface area (Å²) < 4.78 is 31.8. The number of benzene rings is 1. The summed E-state index contributed by atoms with van der Waals surface area (Å²) in [5.74, 6) is -0.153. The Bertz CT molecular complexity index is 1300. The SMILES string of the molecule is CCCCCCCCCCCCCCCCCCCCCCCCCCCCCCCCCC[N+](C)(C)CCCNC(=O)CCCCCCCCCCCCCCCCC.O=S(=O)([O-])Cc1ccccc1. The Balaban J connectivity index is 0.00000388. The number of nitrogens with one attached hydrogen (secondary N) is 1. The van der Waals surface area contributed by atoms with Gasteiger partial charge in [-0.05, 0) is 24.8 Å². The third-order valence-corrected chi connectivity index (χ3v) is 15.8. The maximum atomic E-state index is 12.3. The molecule has 0 aliphatic rings. The molecule has 1 aromatic rings. The summed E-state index contributed by atoms with van der Waals surface area (Å²) in [5, 5.41) is 3.20. The standard InChI is InChI=1S/C57H116N2O.C7H8O3S/c1-5-7-9-11-13-15-17-19-21-22-23-24-25-26-27-28-29-30-31-32-33-34-35-36-37-39-41-43-45-47-49-51-55-59(3,4)56-52-54-58-57(60)53-50-48-46-44-42-40-38-20-18-16-14-12-10-8-6-2;8-11(9,10)6-7-4-2-1-3-5-7/h5-56H2,1-4H3;1-5H,6H2,(H,8,9,10). The van der Waals surface area contributed by atoms with E-state index >= 15 is 0 Å². The third kappa shape index (κ3) is 59.3. The molecule has 0 bridgehead atoms. The molecule has 0 aromatic heterocycles. The van der Waals surface area contributed by atoms with Crippen LogP contribution in [0.25, 0.3) is 0 Å². The van der Waals surface area contributed by atoms with Crippen LogP contribution >= 0.6 is 0 Å². The van der Waals surface area contributed by atoms with Crippen LogP contribution in [0.1, 0.15) is 334 Å². The maximum Gasteiger partial charge on any atom is 0.219 e. The maximum absolute atomic E-state index is 12.3. The summed E-state index contributed by atoms with van der Waals surface area (Å²) in [5.41, 5.74) is 0.530. The van der Waals surface area contributed by atoms with Crippen LogP contribution in [0.4, 0.5) is 0 Å². The van der Waals surface area contributed by atoms with Crippen molar-refractivity contribution in [1.29, 1.82) is 0 Å². The molecule has 1 aromatic carbocycles. The minimum absolute atomic E-state index is 0.270. The molecule has 0 saturated carbocycles. The number of quaternary nitrogens is 1. The monoisotopic (exact) mass is 1020 g/mol. The summed E-state index contributed by atoms with van der Waals surface area (Å²) in [6.07, 6.45) is 69.2. The Labute approximate surface area is 445 Å². The number of amides is 1. The zero-order chi connectivity index (χ0) is 51.9. The van der Waals surface area contributed by atoms with Crippen LogP contribution in [0, 0.1) is 0 Å². The largest absolute Gasteiger partial charge is 0.748 e. The van der Waals surface area contributed by atoms with Gasteiger partial charge in [-0.25, -0.2) is 8.42 Å². The molecule has 0 atom stereocenters. The van der Waals surface area contributed by atoms with Crippen molar-refractivity contribution in [3.8, 4) is 0 Å². The van der Waals surface area contributed by atoms with E-state index in [2.05, 4.69) is 33.3 Å². The molecule has 1 rings (SSSR count). The van der Waals surface area contributed by atoms with Gasteiger partial charge < -0.3 is 14.4 Å². The highest BCUT2D eigenvalue weighted by Crippen LogP contribution is 2.18. The molecule has 0 heterocycles. The first-order chi connectivity index (χ1) is 34.6. The van der Waals surface area contributed by atoms with E-state index < -0.39 is 15.9 Å². The molecule has 0 saturated heterocycles. The molecular formula is C64H124N2O4S.